The molecule has 0 saturated carbocycles. The normalized spacial score (nSPS) is 12.1. The van der Waals surface area contributed by atoms with Crippen molar-refractivity contribution >= 4 is 32.8 Å². The van der Waals surface area contributed by atoms with Gasteiger partial charge in [0, 0.05) is 12.6 Å². The van der Waals surface area contributed by atoms with Gasteiger partial charge in [0.2, 0.25) is 10.0 Å². The number of sulfonamides is 1. The van der Waals surface area contributed by atoms with E-state index in [1.165, 1.54) is 23.9 Å². The minimum Gasteiger partial charge on any atom is -0.360 e. The van der Waals surface area contributed by atoms with Crippen molar-refractivity contribution in [3.63, 3.8) is 0 Å². The first kappa shape index (κ1) is 17.0. The summed E-state index contributed by atoms with van der Waals surface area (Å²) in [6.45, 7) is 4.75. The Morgan fingerprint density at radius 1 is 1.33 bits per heavy atom. The summed E-state index contributed by atoms with van der Waals surface area (Å²) in [5.74, 6) is 1.38. The molecule has 2 aromatic heterocycles. The predicted octanol–water partition coefficient (Wildman–Crippen LogP) is 2.68. The second-order valence-corrected chi connectivity index (χ2v) is 7.97. The smallest absolute Gasteiger partial charge is 0.238 e. The number of nitrogens with two attached hydrogens (primary N) is 1. The Kier molecular flexibility index (Phi) is 4.66. The first-order valence-corrected chi connectivity index (χ1v) is 9.99. The number of aromatic nitrogens is 3. The lowest BCUT2D eigenvalue weighted by Gasteiger charge is -2.06. The van der Waals surface area contributed by atoms with E-state index in [0.29, 0.717) is 11.3 Å². The number of fused-ring (bicyclic) bond motifs is 1. The molecular weight excluding hydrogens is 348 g/mol. The molecule has 0 aliphatic carbocycles. The molecule has 0 saturated heterocycles. The number of hydrogen-bond acceptors (Lipinski definition) is 6. The van der Waals surface area contributed by atoms with Crippen LogP contribution in [-0.2, 0) is 22.3 Å². The fourth-order valence-corrected chi connectivity index (χ4v) is 3.88. The Morgan fingerprint density at radius 3 is 2.75 bits per heavy atom. The van der Waals surface area contributed by atoms with Crippen LogP contribution >= 0.6 is 11.8 Å². The van der Waals surface area contributed by atoms with Crippen molar-refractivity contribution in [1.29, 1.82) is 0 Å². The van der Waals surface area contributed by atoms with Gasteiger partial charge in [-0.05, 0) is 31.5 Å². The number of benzene rings is 1. The third-order valence-corrected chi connectivity index (χ3v) is 5.39. The fourth-order valence-electron chi connectivity index (χ4n) is 2.43. The number of aryl methyl sites for hydroxylation is 2. The zero-order chi connectivity index (χ0) is 17.3. The maximum Gasteiger partial charge on any atom is 0.238 e. The Hall–Kier alpha value is -1.84. The van der Waals surface area contributed by atoms with E-state index in [1.54, 1.807) is 6.07 Å². The predicted molar refractivity (Wildman–Crippen MR) is 92.2 cm³/mol. The summed E-state index contributed by atoms with van der Waals surface area (Å²) in [7, 11) is -3.74. The molecule has 0 amide bonds. The van der Waals surface area contributed by atoms with Crippen LogP contribution in [0, 0.1) is 6.92 Å². The van der Waals surface area contributed by atoms with E-state index < -0.39 is 10.0 Å². The zero-order valence-corrected chi connectivity index (χ0v) is 15.0. The summed E-state index contributed by atoms with van der Waals surface area (Å²) in [5.41, 5.74) is 2.34. The highest BCUT2D eigenvalue weighted by molar-refractivity contribution is 7.98. The summed E-state index contributed by atoms with van der Waals surface area (Å²) in [4.78, 5) is 4.64. The van der Waals surface area contributed by atoms with Crippen LogP contribution in [-0.4, -0.2) is 23.1 Å². The Balaban J connectivity index is 1.97. The molecule has 128 valence electrons. The second kappa shape index (κ2) is 6.58. The quantitative estimate of drug-likeness (QED) is 0.673. The lowest BCUT2D eigenvalue weighted by molar-refractivity contribution is 0.391. The number of hydrogen-bond donors (Lipinski definition) is 1. The van der Waals surface area contributed by atoms with Gasteiger partial charge in [0.1, 0.15) is 5.76 Å². The van der Waals surface area contributed by atoms with Gasteiger partial charge in [-0.25, -0.2) is 18.5 Å². The molecule has 7 nitrogen and oxygen atoms in total. The molecule has 0 atom stereocenters. The van der Waals surface area contributed by atoms with Crippen molar-refractivity contribution in [1.82, 2.24) is 14.7 Å². The largest absolute Gasteiger partial charge is 0.360 e. The molecule has 0 spiro atoms. The highest BCUT2D eigenvalue weighted by Crippen LogP contribution is 2.28. The molecule has 0 aliphatic heterocycles. The molecule has 2 N–H and O–H groups in total. The van der Waals surface area contributed by atoms with E-state index in [1.807, 2.05) is 13.0 Å². The average molecular weight is 366 g/mol. The Morgan fingerprint density at radius 2 is 2.12 bits per heavy atom. The molecule has 3 rings (SSSR count). The number of nitrogens with zero attached hydrogens (tertiary/aromatic N) is 3. The topological polar surface area (TPSA) is 104 Å². The fraction of sp³-hybridized carbons (Fsp3) is 0.333. The Labute approximate surface area is 144 Å². The van der Waals surface area contributed by atoms with Crippen LogP contribution in [0.5, 0.6) is 0 Å². The van der Waals surface area contributed by atoms with Crippen molar-refractivity contribution in [3.8, 4) is 0 Å². The van der Waals surface area contributed by atoms with Crippen LogP contribution in [0.15, 0.2) is 38.8 Å². The average Bonchev–Trinajstić information content (AvgIpc) is 3.08. The van der Waals surface area contributed by atoms with Gasteiger partial charge in [-0.2, -0.15) is 0 Å². The molecular formula is C15H18N4O3S2. The molecule has 0 radical (unpaired) electrons. The Bertz CT molecular complexity index is 976. The van der Waals surface area contributed by atoms with Crippen molar-refractivity contribution in [2.45, 2.75) is 42.6 Å². The van der Waals surface area contributed by atoms with Gasteiger partial charge in [-0.1, -0.05) is 23.8 Å². The molecule has 9 heteroatoms. The molecule has 1 aromatic carbocycles. The van der Waals surface area contributed by atoms with Crippen LogP contribution < -0.4 is 5.14 Å². The number of thioether (sulfide) groups is 1. The lowest BCUT2D eigenvalue weighted by Crippen LogP contribution is -2.11. The summed E-state index contributed by atoms with van der Waals surface area (Å²) in [6, 6.07) is 6.67. The van der Waals surface area contributed by atoms with E-state index in [2.05, 4.69) is 21.6 Å². The van der Waals surface area contributed by atoms with E-state index >= 15 is 0 Å². The van der Waals surface area contributed by atoms with Crippen molar-refractivity contribution < 1.29 is 12.9 Å². The maximum atomic E-state index is 11.5. The number of rotatable bonds is 6. The van der Waals surface area contributed by atoms with Gasteiger partial charge in [-0.15, -0.1) is 0 Å². The van der Waals surface area contributed by atoms with Crippen molar-refractivity contribution in [2.75, 3.05) is 0 Å². The molecule has 3 aromatic rings. The van der Waals surface area contributed by atoms with Gasteiger partial charge in [0.15, 0.2) is 5.16 Å². The van der Waals surface area contributed by atoms with Gasteiger partial charge in [0.05, 0.1) is 27.4 Å². The monoisotopic (exact) mass is 366 g/mol. The summed E-state index contributed by atoms with van der Waals surface area (Å²) in [5, 5.41) is 9.89. The van der Waals surface area contributed by atoms with E-state index in [-0.39, 0.29) is 4.90 Å². The number of imidazole rings is 1. The SMILES string of the molecule is CCCn1c(SCc2cc(C)no2)nc2cc(S(N)(=O)=O)ccc21. The van der Waals surface area contributed by atoms with E-state index in [4.69, 9.17) is 9.66 Å². The third kappa shape index (κ3) is 3.47. The van der Waals surface area contributed by atoms with Crippen LogP contribution in [0.1, 0.15) is 24.8 Å². The first-order valence-electron chi connectivity index (χ1n) is 7.46. The highest BCUT2D eigenvalue weighted by atomic mass is 32.2. The summed E-state index contributed by atoms with van der Waals surface area (Å²) < 4.78 is 30.4. The van der Waals surface area contributed by atoms with Crippen LogP contribution in [0.3, 0.4) is 0 Å². The molecule has 2 heterocycles. The molecule has 24 heavy (non-hydrogen) atoms. The maximum absolute atomic E-state index is 11.5. The standard InChI is InChI=1S/C15H18N4O3S2/c1-3-6-19-14-5-4-12(24(16,20)21)8-13(14)17-15(19)23-9-11-7-10(2)18-22-11/h4-5,7-8H,3,6,9H2,1-2H3,(H2,16,20,21). The third-order valence-electron chi connectivity index (χ3n) is 3.48. The molecule has 0 unspecified atom stereocenters. The molecule has 0 bridgehead atoms. The van der Waals surface area contributed by atoms with Crippen molar-refractivity contribution in [2.24, 2.45) is 5.14 Å². The first-order chi connectivity index (χ1) is 11.4. The highest BCUT2D eigenvalue weighted by Gasteiger charge is 2.15. The van der Waals surface area contributed by atoms with Gasteiger partial charge in [0.25, 0.3) is 0 Å². The van der Waals surface area contributed by atoms with Gasteiger partial charge in [-0.3, -0.25) is 0 Å². The van der Waals surface area contributed by atoms with Crippen LogP contribution in [0.4, 0.5) is 0 Å². The minimum atomic E-state index is -3.74. The number of primary sulfonamides is 1. The van der Waals surface area contributed by atoms with E-state index in [9.17, 15) is 8.42 Å². The van der Waals surface area contributed by atoms with Gasteiger partial charge < -0.3 is 9.09 Å². The molecule has 0 aliphatic rings. The van der Waals surface area contributed by atoms with Crippen LogP contribution in [0.25, 0.3) is 11.0 Å². The molecule has 0 fully saturated rings. The van der Waals surface area contributed by atoms with Gasteiger partial charge >= 0.3 is 0 Å². The van der Waals surface area contributed by atoms with Crippen LogP contribution in [0.2, 0.25) is 0 Å². The summed E-state index contributed by atoms with van der Waals surface area (Å²) >= 11 is 1.53. The zero-order valence-electron chi connectivity index (χ0n) is 13.4. The van der Waals surface area contributed by atoms with E-state index in [0.717, 1.165) is 35.1 Å². The minimum absolute atomic E-state index is 0.0681. The second-order valence-electron chi connectivity index (χ2n) is 5.46. The summed E-state index contributed by atoms with van der Waals surface area (Å²) in [6.07, 6.45) is 0.942. The lowest BCUT2D eigenvalue weighted by atomic mass is 10.3. The van der Waals surface area contributed by atoms with Crippen molar-refractivity contribution in [3.05, 3.63) is 35.7 Å².